The molecule has 2 rings (SSSR count). The van der Waals surface area contributed by atoms with Crippen molar-refractivity contribution in [1.29, 1.82) is 0 Å². The van der Waals surface area contributed by atoms with Crippen molar-refractivity contribution in [2.45, 2.75) is 79.8 Å². The molecule has 0 saturated heterocycles. The molecular formula is C22H36O3. The molecule has 0 spiro atoms. The topological polar surface area (TPSA) is 46.5 Å². The molecule has 25 heavy (non-hydrogen) atoms. The minimum absolute atomic E-state index is 0.163. The van der Waals surface area contributed by atoms with Crippen LogP contribution in [-0.4, -0.2) is 23.8 Å². The van der Waals surface area contributed by atoms with Gasteiger partial charge in [-0.3, -0.25) is 4.79 Å². The van der Waals surface area contributed by atoms with Gasteiger partial charge in [-0.25, -0.2) is 0 Å². The van der Waals surface area contributed by atoms with E-state index in [1.165, 1.54) is 18.1 Å². The lowest BCUT2D eigenvalue weighted by molar-refractivity contribution is -0.139. The Hall–Kier alpha value is -1.09. The summed E-state index contributed by atoms with van der Waals surface area (Å²) in [5.74, 6) is 0.906. The van der Waals surface area contributed by atoms with Crippen LogP contribution in [0.25, 0.3) is 0 Å². The molecule has 2 aliphatic rings. The summed E-state index contributed by atoms with van der Waals surface area (Å²) in [5.41, 5.74) is 3.10. The van der Waals surface area contributed by atoms with Gasteiger partial charge in [0.15, 0.2) is 0 Å². The number of allylic oxidation sites excluding steroid dienone is 3. The van der Waals surface area contributed by atoms with E-state index in [1.54, 1.807) is 0 Å². The molecule has 142 valence electrons. The van der Waals surface area contributed by atoms with E-state index in [4.69, 9.17) is 4.74 Å². The van der Waals surface area contributed by atoms with Gasteiger partial charge in [0.25, 0.3) is 0 Å². The van der Waals surface area contributed by atoms with Crippen molar-refractivity contribution in [3.05, 3.63) is 23.3 Å². The number of hydrogen-bond acceptors (Lipinski definition) is 3. The van der Waals surface area contributed by atoms with E-state index >= 15 is 0 Å². The minimum atomic E-state index is -0.233. The highest BCUT2D eigenvalue weighted by atomic mass is 16.5. The smallest absolute Gasteiger partial charge is 0.302 e. The molecule has 2 aliphatic carbocycles. The predicted octanol–water partition coefficient (Wildman–Crippen LogP) is 5.05. The molecule has 0 aromatic carbocycles. The molecule has 1 N–H and O–H groups in total. The van der Waals surface area contributed by atoms with Gasteiger partial charge in [0.1, 0.15) is 6.61 Å². The van der Waals surface area contributed by atoms with Crippen LogP contribution >= 0.6 is 0 Å². The first-order valence-corrected chi connectivity index (χ1v) is 9.70. The highest BCUT2D eigenvalue weighted by molar-refractivity contribution is 5.66. The Morgan fingerprint density at radius 1 is 1.32 bits per heavy atom. The lowest BCUT2D eigenvalue weighted by Crippen LogP contribution is -2.52. The summed E-state index contributed by atoms with van der Waals surface area (Å²) in [6.07, 6.45) is 9.33. The Bertz CT molecular complexity index is 558. The van der Waals surface area contributed by atoms with Crippen LogP contribution in [-0.2, 0) is 9.53 Å². The number of esters is 1. The number of ether oxygens (including phenoxy) is 1. The van der Waals surface area contributed by atoms with Gasteiger partial charge in [-0.05, 0) is 74.7 Å². The standard InChI is InChI=1S/C22H36O3/c1-15(11-12-25-17(3)23)7-9-19-16(2)8-10-20-21(4,5)13-18(24)14-22(19,20)6/h8,11,18-20,24H,7,9-10,12-14H2,1-6H3/b15-11+/t18-,19-,20-,22-/m1/s1. The van der Waals surface area contributed by atoms with Crippen LogP contribution in [0.4, 0.5) is 0 Å². The Morgan fingerprint density at radius 2 is 2.00 bits per heavy atom. The zero-order chi connectivity index (χ0) is 18.8. The second-order valence-corrected chi connectivity index (χ2v) is 9.24. The average Bonchev–Trinajstić information content (AvgIpc) is 2.43. The minimum Gasteiger partial charge on any atom is -0.462 e. The summed E-state index contributed by atoms with van der Waals surface area (Å²) in [4.78, 5) is 10.9. The van der Waals surface area contributed by atoms with E-state index in [0.717, 1.165) is 32.1 Å². The van der Waals surface area contributed by atoms with E-state index in [1.807, 2.05) is 6.08 Å². The number of carbonyl (C=O) groups excluding carboxylic acids is 1. The number of hydrogen-bond donors (Lipinski definition) is 1. The van der Waals surface area contributed by atoms with Crippen molar-refractivity contribution in [3.63, 3.8) is 0 Å². The molecule has 0 heterocycles. The van der Waals surface area contributed by atoms with Crippen molar-refractivity contribution in [3.8, 4) is 0 Å². The van der Waals surface area contributed by atoms with E-state index in [0.29, 0.717) is 18.4 Å². The SMILES string of the molecule is CC(=O)OC/C=C(\C)CC[C@@H]1C(C)=CC[C@@H]2C(C)(C)C[C@@H](O)C[C@]12C. The molecule has 3 heteroatoms. The van der Waals surface area contributed by atoms with Crippen molar-refractivity contribution in [1.82, 2.24) is 0 Å². The lowest BCUT2D eigenvalue weighted by Gasteiger charge is -2.58. The van der Waals surface area contributed by atoms with Gasteiger partial charge in [-0.15, -0.1) is 0 Å². The van der Waals surface area contributed by atoms with E-state index in [2.05, 4.69) is 40.7 Å². The van der Waals surface area contributed by atoms with Gasteiger partial charge in [0, 0.05) is 6.92 Å². The van der Waals surface area contributed by atoms with Crippen molar-refractivity contribution in [2.75, 3.05) is 6.61 Å². The third-order valence-electron chi connectivity index (χ3n) is 6.74. The summed E-state index contributed by atoms with van der Waals surface area (Å²) < 4.78 is 5.01. The van der Waals surface area contributed by atoms with Gasteiger partial charge in [0.05, 0.1) is 6.10 Å². The molecule has 1 saturated carbocycles. The molecule has 0 bridgehead atoms. The normalized spacial score (nSPS) is 34.9. The van der Waals surface area contributed by atoms with Gasteiger partial charge < -0.3 is 9.84 Å². The van der Waals surface area contributed by atoms with Gasteiger partial charge in [-0.1, -0.05) is 38.0 Å². The number of rotatable bonds is 5. The number of aliphatic hydroxyl groups excluding tert-OH is 1. The second kappa shape index (κ2) is 7.65. The largest absolute Gasteiger partial charge is 0.462 e. The highest BCUT2D eigenvalue weighted by Gasteiger charge is 2.53. The van der Waals surface area contributed by atoms with Crippen molar-refractivity contribution >= 4 is 5.97 Å². The third kappa shape index (κ3) is 4.55. The summed E-state index contributed by atoms with van der Waals surface area (Å²) in [6, 6.07) is 0. The highest BCUT2D eigenvalue weighted by Crippen LogP contribution is 2.60. The summed E-state index contributed by atoms with van der Waals surface area (Å²) in [5, 5.41) is 10.5. The predicted molar refractivity (Wildman–Crippen MR) is 102 cm³/mol. The zero-order valence-electron chi connectivity index (χ0n) is 16.9. The first-order valence-electron chi connectivity index (χ1n) is 9.70. The van der Waals surface area contributed by atoms with Crippen LogP contribution in [0.1, 0.15) is 73.6 Å². The maximum absolute atomic E-state index is 10.9. The Labute approximate surface area is 153 Å². The Balaban J connectivity index is 2.11. The van der Waals surface area contributed by atoms with Crippen LogP contribution in [0.2, 0.25) is 0 Å². The van der Waals surface area contributed by atoms with Crippen LogP contribution in [0, 0.1) is 22.7 Å². The van der Waals surface area contributed by atoms with E-state index in [-0.39, 0.29) is 22.9 Å². The Kier molecular flexibility index (Phi) is 6.19. The van der Waals surface area contributed by atoms with E-state index in [9.17, 15) is 9.90 Å². The molecule has 0 aliphatic heterocycles. The fourth-order valence-corrected chi connectivity index (χ4v) is 5.64. The summed E-state index contributed by atoms with van der Waals surface area (Å²) in [6.45, 7) is 13.2. The molecule has 0 amide bonds. The summed E-state index contributed by atoms with van der Waals surface area (Å²) >= 11 is 0. The van der Waals surface area contributed by atoms with Crippen LogP contribution in [0.5, 0.6) is 0 Å². The molecule has 0 radical (unpaired) electrons. The number of aliphatic hydroxyl groups is 1. The zero-order valence-corrected chi connectivity index (χ0v) is 16.9. The van der Waals surface area contributed by atoms with Crippen LogP contribution in [0.3, 0.4) is 0 Å². The van der Waals surface area contributed by atoms with Crippen LogP contribution < -0.4 is 0 Å². The van der Waals surface area contributed by atoms with Gasteiger partial charge in [-0.2, -0.15) is 0 Å². The first-order chi connectivity index (χ1) is 11.6. The molecule has 0 aromatic rings. The molecule has 0 aromatic heterocycles. The quantitative estimate of drug-likeness (QED) is 0.559. The monoisotopic (exact) mass is 348 g/mol. The molecule has 0 unspecified atom stereocenters. The summed E-state index contributed by atoms with van der Waals surface area (Å²) in [7, 11) is 0. The maximum atomic E-state index is 10.9. The van der Waals surface area contributed by atoms with Gasteiger partial charge in [0.2, 0.25) is 0 Å². The Morgan fingerprint density at radius 3 is 2.64 bits per heavy atom. The van der Waals surface area contributed by atoms with E-state index < -0.39 is 0 Å². The lowest BCUT2D eigenvalue weighted by atomic mass is 9.47. The molecule has 4 atom stereocenters. The number of carbonyl (C=O) groups is 1. The maximum Gasteiger partial charge on any atom is 0.302 e. The molecule has 1 fully saturated rings. The third-order valence-corrected chi connectivity index (χ3v) is 6.74. The number of fused-ring (bicyclic) bond motifs is 1. The first kappa shape index (κ1) is 20.2. The molecular weight excluding hydrogens is 312 g/mol. The van der Waals surface area contributed by atoms with Crippen molar-refractivity contribution < 1.29 is 14.6 Å². The second-order valence-electron chi connectivity index (χ2n) is 9.24. The fraction of sp³-hybridized carbons (Fsp3) is 0.773. The fourth-order valence-electron chi connectivity index (χ4n) is 5.64. The molecule has 3 nitrogen and oxygen atoms in total. The van der Waals surface area contributed by atoms with Gasteiger partial charge >= 0.3 is 5.97 Å². The average molecular weight is 349 g/mol. The van der Waals surface area contributed by atoms with Crippen molar-refractivity contribution in [2.24, 2.45) is 22.7 Å². The van der Waals surface area contributed by atoms with Crippen LogP contribution in [0.15, 0.2) is 23.3 Å².